The monoisotopic (exact) mass is 336 g/mol. The average Bonchev–Trinajstić information content (AvgIpc) is 2.54. The number of nitro benzene ring substituents is 1. The fourth-order valence-electron chi connectivity index (χ4n) is 2.06. The summed E-state index contributed by atoms with van der Waals surface area (Å²) in [6.45, 7) is 2.95. The molecule has 1 N–H and O–H groups in total. The Labute approximate surface area is 139 Å². The van der Waals surface area contributed by atoms with Crippen LogP contribution in [0, 0.1) is 10.1 Å². The van der Waals surface area contributed by atoms with Crippen molar-refractivity contribution in [3.05, 3.63) is 57.1 Å². The first-order valence-corrected chi connectivity index (χ1v) is 7.40. The van der Waals surface area contributed by atoms with Gasteiger partial charge in [0.2, 0.25) is 0 Å². The average molecular weight is 337 g/mol. The lowest BCUT2D eigenvalue weighted by Gasteiger charge is -2.12. The Hall–Kier alpha value is -2.47. The quantitative estimate of drug-likeness (QED) is 0.603. The highest BCUT2D eigenvalue weighted by Gasteiger charge is 2.10. The molecule has 7 heteroatoms. The van der Waals surface area contributed by atoms with Gasteiger partial charge in [-0.1, -0.05) is 17.7 Å². The summed E-state index contributed by atoms with van der Waals surface area (Å²) in [5.74, 6) is 1.34. The van der Waals surface area contributed by atoms with Gasteiger partial charge < -0.3 is 14.8 Å². The van der Waals surface area contributed by atoms with Crippen molar-refractivity contribution in [3.8, 4) is 11.5 Å². The number of hydrogen-bond acceptors (Lipinski definition) is 5. The van der Waals surface area contributed by atoms with Crippen molar-refractivity contribution < 1.29 is 14.4 Å². The summed E-state index contributed by atoms with van der Waals surface area (Å²) in [7, 11) is 1.59. The smallest absolute Gasteiger partial charge is 0.271 e. The highest BCUT2D eigenvalue weighted by Crippen LogP contribution is 2.30. The first-order valence-electron chi connectivity index (χ1n) is 7.02. The van der Waals surface area contributed by atoms with Crippen LogP contribution in [0.2, 0.25) is 5.02 Å². The Morgan fingerprint density at radius 2 is 2.00 bits per heavy atom. The number of halogens is 1. The second kappa shape index (κ2) is 7.69. The molecular formula is C16H17ClN2O4. The summed E-state index contributed by atoms with van der Waals surface area (Å²) in [5, 5.41) is 14.2. The van der Waals surface area contributed by atoms with E-state index >= 15 is 0 Å². The summed E-state index contributed by atoms with van der Waals surface area (Å²) >= 11 is 6.06. The van der Waals surface area contributed by atoms with Crippen LogP contribution in [0.25, 0.3) is 0 Å². The van der Waals surface area contributed by atoms with Gasteiger partial charge in [-0.2, -0.15) is 0 Å². The molecule has 6 nitrogen and oxygen atoms in total. The van der Waals surface area contributed by atoms with Gasteiger partial charge in [-0.3, -0.25) is 10.1 Å². The molecule has 0 fully saturated rings. The van der Waals surface area contributed by atoms with E-state index in [-0.39, 0.29) is 5.69 Å². The predicted octanol–water partition coefficient (Wildman–Crippen LogP) is 4.27. The molecule has 0 aromatic heterocycles. The summed E-state index contributed by atoms with van der Waals surface area (Å²) in [6.07, 6.45) is 0. The van der Waals surface area contributed by atoms with E-state index in [9.17, 15) is 10.1 Å². The van der Waals surface area contributed by atoms with Crippen molar-refractivity contribution in [2.45, 2.75) is 13.5 Å². The van der Waals surface area contributed by atoms with Gasteiger partial charge >= 0.3 is 0 Å². The first kappa shape index (κ1) is 16.9. The van der Waals surface area contributed by atoms with Crippen molar-refractivity contribution in [2.75, 3.05) is 19.0 Å². The van der Waals surface area contributed by atoms with Crippen molar-refractivity contribution in [2.24, 2.45) is 0 Å². The molecule has 0 aliphatic carbocycles. The van der Waals surface area contributed by atoms with Gasteiger partial charge in [0.05, 0.1) is 29.4 Å². The molecule has 0 radical (unpaired) electrons. The molecule has 0 aliphatic heterocycles. The van der Waals surface area contributed by atoms with Gasteiger partial charge in [0, 0.05) is 18.7 Å². The van der Waals surface area contributed by atoms with E-state index in [1.807, 2.05) is 25.1 Å². The third-order valence-corrected chi connectivity index (χ3v) is 3.49. The Kier molecular flexibility index (Phi) is 5.65. The summed E-state index contributed by atoms with van der Waals surface area (Å²) in [6, 6.07) is 9.95. The van der Waals surface area contributed by atoms with E-state index in [0.717, 1.165) is 5.56 Å². The SMILES string of the molecule is CCOc1cc(CNc2ccc([N+](=O)[O-])cc2Cl)ccc1OC. The Balaban J connectivity index is 2.11. The van der Waals surface area contributed by atoms with Crippen molar-refractivity contribution >= 4 is 23.0 Å². The first-order chi connectivity index (χ1) is 11.0. The van der Waals surface area contributed by atoms with Gasteiger partial charge in [0.15, 0.2) is 11.5 Å². The molecule has 2 aromatic rings. The van der Waals surface area contributed by atoms with Crippen LogP contribution in [0.15, 0.2) is 36.4 Å². The maximum atomic E-state index is 10.7. The third-order valence-electron chi connectivity index (χ3n) is 3.17. The Morgan fingerprint density at radius 3 is 2.61 bits per heavy atom. The maximum Gasteiger partial charge on any atom is 0.271 e. The number of hydrogen-bond donors (Lipinski definition) is 1. The number of rotatable bonds is 7. The number of nitrogens with one attached hydrogen (secondary N) is 1. The molecule has 0 spiro atoms. The summed E-state index contributed by atoms with van der Waals surface area (Å²) < 4.78 is 10.8. The number of benzene rings is 2. The molecule has 0 unspecified atom stereocenters. The molecule has 0 saturated heterocycles. The highest BCUT2D eigenvalue weighted by molar-refractivity contribution is 6.33. The highest BCUT2D eigenvalue weighted by atomic mass is 35.5. The van der Waals surface area contributed by atoms with Crippen molar-refractivity contribution in [1.29, 1.82) is 0 Å². The van der Waals surface area contributed by atoms with Gasteiger partial charge in [0.25, 0.3) is 5.69 Å². The lowest BCUT2D eigenvalue weighted by Crippen LogP contribution is -2.02. The predicted molar refractivity (Wildman–Crippen MR) is 89.6 cm³/mol. The van der Waals surface area contributed by atoms with E-state index in [2.05, 4.69) is 5.32 Å². The van der Waals surface area contributed by atoms with Crippen LogP contribution in [0.1, 0.15) is 12.5 Å². The molecule has 0 amide bonds. The maximum absolute atomic E-state index is 10.7. The van der Waals surface area contributed by atoms with Crippen molar-refractivity contribution in [3.63, 3.8) is 0 Å². The normalized spacial score (nSPS) is 10.2. The second-order valence-electron chi connectivity index (χ2n) is 4.69. The van der Waals surface area contributed by atoms with Crippen LogP contribution in [-0.2, 0) is 6.54 Å². The Bertz CT molecular complexity index is 706. The fourth-order valence-corrected chi connectivity index (χ4v) is 2.30. The van der Waals surface area contributed by atoms with Crippen LogP contribution in [0.4, 0.5) is 11.4 Å². The van der Waals surface area contributed by atoms with E-state index in [4.69, 9.17) is 21.1 Å². The minimum Gasteiger partial charge on any atom is -0.493 e. The molecule has 23 heavy (non-hydrogen) atoms. The zero-order valence-corrected chi connectivity index (χ0v) is 13.6. The number of nitro groups is 1. The topological polar surface area (TPSA) is 73.6 Å². The second-order valence-corrected chi connectivity index (χ2v) is 5.10. The number of nitrogens with zero attached hydrogens (tertiary/aromatic N) is 1. The summed E-state index contributed by atoms with van der Waals surface area (Å²) in [4.78, 5) is 10.2. The molecule has 0 heterocycles. The minimum absolute atomic E-state index is 0.0383. The zero-order chi connectivity index (χ0) is 16.8. The lowest BCUT2D eigenvalue weighted by atomic mass is 10.2. The van der Waals surface area contributed by atoms with Crippen LogP contribution in [0.5, 0.6) is 11.5 Å². The number of ether oxygens (including phenoxy) is 2. The van der Waals surface area contributed by atoms with E-state index in [1.165, 1.54) is 12.1 Å². The van der Waals surface area contributed by atoms with Gasteiger partial charge in [0.1, 0.15) is 0 Å². The van der Waals surface area contributed by atoms with E-state index in [1.54, 1.807) is 13.2 Å². The Morgan fingerprint density at radius 1 is 1.22 bits per heavy atom. The van der Waals surface area contributed by atoms with Crippen LogP contribution < -0.4 is 14.8 Å². The number of non-ortho nitro benzene ring substituents is 1. The zero-order valence-electron chi connectivity index (χ0n) is 12.8. The molecule has 2 aromatic carbocycles. The van der Waals surface area contributed by atoms with Crippen molar-refractivity contribution in [1.82, 2.24) is 0 Å². The van der Waals surface area contributed by atoms with Gasteiger partial charge in [-0.15, -0.1) is 0 Å². The fraction of sp³-hybridized carbons (Fsp3) is 0.250. The molecule has 0 atom stereocenters. The van der Waals surface area contributed by atoms with Gasteiger partial charge in [-0.05, 0) is 30.7 Å². The molecule has 122 valence electrons. The molecule has 0 aliphatic rings. The standard InChI is InChI=1S/C16H17ClN2O4/c1-3-23-16-8-11(4-7-15(16)22-2)10-18-14-6-5-12(19(20)21)9-13(14)17/h4-9,18H,3,10H2,1-2H3. The lowest BCUT2D eigenvalue weighted by molar-refractivity contribution is -0.384. The van der Waals surface area contributed by atoms with Crippen LogP contribution >= 0.6 is 11.6 Å². The third kappa shape index (κ3) is 4.26. The minimum atomic E-state index is -0.479. The van der Waals surface area contributed by atoms with Crippen LogP contribution in [-0.4, -0.2) is 18.6 Å². The van der Waals surface area contributed by atoms with E-state index < -0.39 is 4.92 Å². The largest absolute Gasteiger partial charge is 0.493 e. The van der Waals surface area contributed by atoms with Crippen LogP contribution in [0.3, 0.4) is 0 Å². The number of methoxy groups -OCH3 is 1. The number of anilines is 1. The molecule has 0 saturated carbocycles. The molecular weight excluding hydrogens is 320 g/mol. The summed E-state index contributed by atoms with van der Waals surface area (Å²) in [5.41, 5.74) is 1.57. The van der Waals surface area contributed by atoms with E-state index in [0.29, 0.717) is 35.4 Å². The van der Waals surface area contributed by atoms with Gasteiger partial charge in [-0.25, -0.2) is 0 Å². The molecule has 0 bridgehead atoms. The molecule has 2 rings (SSSR count).